The molecule has 0 aliphatic heterocycles. The molecular weight excluding hydrogens is 235 g/mol. The third-order valence-electron chi connectivity index (χ3n) is 3.41. The lowest BCUT2D eigenvalue weighted by Crippen LogP contribution is -1.94. The van der Waals surface area contributed by atoms with Crippen molar-refractivity contribution in [2.24, 2.45) is 0 Å². The third-order valence-corrected chi connectivity index (χ3v) is 4.76. The molecule has 0 nitrogen and oxygen atoms in total. The van der Waals surface area contributed by atoms with Gasteiger partial charge < -0.3 is 0 Å². The standard InChI is InChI=1S/C17H29P/c1-3-4-5-6-7-8-9-10-15-18-17-13-11-16(2)12-14-17/h11-14,18H,3-10,15H2,1-2H3. The number of aryl methyl sites for hydroxylation is 1. The Morgan fingerprint density at radius 2 is 1.33 bits per heavy atom. The van der Waals surface area contributed by atoms with E-state index in [9.17, 15) is 0 Å². The summed E-state index contributed by atoms with van der Waals surface area (Å²) in [5.41, 5.74) is 1.37. The van der Waals surface area contributed by atoms with Crippen LogP contribution in [0.25, 0.3) is 0 Å². The van der Waals surface area contributed by atoms with Crippen LogP contribution in [-0.4, -0.2) is 6.16 Å². The zero-order valence-corrected chi connectivity index (χ0v) is 13.2. The van der Waals surface area contributed by atoms with E-state index < -0.39 is 0 Å². The molecule has 0 fully saturated rings. The van der Waals surface area contributed by atoms with Crippen LogP contribution < -0.4 is 5.30 Å². The van der Waals surface area contributed by atoms with Gasteiger partial charge in [0.2, 0.25) is 0 Å². The minimum Gasteiger partial charge on any atom is -0.0904 e. The average molecular weight is 264 g/mol. The lowest BCUT2D eigenvalue weighted by atomic mass is 10.1. The van der Waals surface area contributed by atoms with Gasteiger partial charge in [0, 0.05) is 0 Å². The van der Waals surface area contributed by atoms with Gasteiger partial charge in [0.15, 0.2) is 0 Å². The summed E-state index contributed by atoms with van der Waals surface area (Å²) >= 11 is 0. The first-order chi connectivity index (χ1) is 8.83. The minimum absolute atomic E-state index is 1.01. The van der Waals surface area contributed by atoms with Gasteiger partial charge in [-0.15, -0.1) is 0 Å². The maximum Gasteiger partial charge on any atom is -0.0271 e. The Labute approximate surface area is 115 Å². The molecule has 0 aromatic heterocycles. The van der Waals surface area contributed by atoms with Crippen molar-refractivity contribution < 1.29 is 0 Å². The molecule has 0 aliphatic carbocycles. The fourth-order valence-corrected chi connectivity index (χ4v) is 3.28. The second kappa shape index (κ2) is 10.6. The fourth-order valence-electron chi connectivity index (χ4n) is 2.16. The van der Waals surface area contributed by atoms with Crippen molar-refractivity contribution in [2.75, 3.05) is 6.16 Å². The average Bonchev–Trinajstić information content (AvgIpc) is 2.39. The van der Waals surface area contributed by atoms with Crippen LogP contribution in [0, 0.1) is 6.92 Å². The van der Waals surface area contributed by atoms with Crippen molar-refractivity contribution in [3.63, 3.8) is 0 Å². The Bertz CT molecular complexity index is 289. The molecule has 0 saturated carbocycles. The van der Waals surface area contributed by atoms with Gasteiger partial charge in [-0.05, 0) is 24.8 Å². The van der Waals surface area contributed by atoms with Gasteiger partial charge in [-0.25, -0.2) is 0 Å². The van der Waals surface area contributed by atoms with Gasteiger partial charge in [0.25, 0.3) is 0 Å². The van der Waals surface area contributed by atoms with Crippen molar-refractivity contribution in [1.82, 2.24) is 0 Å². The van der Waals surface area contributed by atoms with E-state index in [1.54, 1.807) is 0 Å². The molecule has 1 heteroatoms. The molecule has 1 aromatic rings. The normalized spacial score (nSPS) is 11.4. The van der Waals surface area contributed by atoms with Crippen LogP contribution in [-0.2, 0) is 0 Å². The number of benzene rings is 1. The van der Waals surface area contributed by atoms with E-state index in [0.717, 1.165) is 8.58 Å². The number of hydrogen-bond donors (Lipinski definition) is 0. The van der Waals surface area contributed by atoms with Gasteiger partial charge in [-0.1, -0.05) is 90.3 Å². The highest BCUT2D eigenvalue weighted by molar-refractivity contribution is 7.47. The molecule has 1 aromatic carbocycles. The summed E-state index contributed by atoms with van der Waals surface area (Å²) in [4.78, 5) is 0. The van der Waals surface area contributed by atoms with Gasteiger partial charge in [0.05, 0.1) is 0 Å². The molecule has 0 saturated heterocycles. The van der Waals surface area contributed by atoms with Gasteiger partial charge >= 0.3 is 0 Å². The zero-order valence-electron chi connectivity index (χ0n) is 12.2. The molecule has 0 spiro atoms. The topological polar surface area (TPSA) is 0 Å². The van der Waals surface area contributed by atoms with Crippen LogP contribution >= 0.6 is 8.58 Å². The molecule has 102 valence electrons. The summed E-state index contributed by atoms with van der Waals surface area (Å²) in [7, 11) is 1.01. The zero-order chi connectivity index (χ0) is 13.1. The van der Waals surface area contributed by atoms with Gasteiger partial charge in [-0.2, -0.15) is 0 Å². The van der Waals surface area contributed by atoms with E-state index >= 15 is 0 Å². The minimum atomic E-state index is 1.01. The van der Waals surface area contributed by atoms with Crippen LogP contribution in [0.15, 0.2) is 24.3 Å². The van der Waals surface area contributed by atoms with Crippen molar-refractivity contribution in [2.45, 2.75) is 65.2 Å². The SMILES string of the molecule is CCCCCCCCCCPc1ccc(C)cc1. The lowest BCUT2D eigenvalue weighted by Gasteiger charge is -2.03. The Balaban J connectivity index is 1.91. The van der Waals surface area contributed by atoms with Crippen molar-refractivity contribution in [3.05, 3.63) is 29.8 Å². The van der Waals surface area contributed by atoms with Crippen molar-refractivity contribution in [3.8, 4) is 0 Å². The second-order valence-corrected chi connectivity index (χ2v) is 6.70. The number of unbranched alkanes of at least 4 members (excludes halogenated alkanes) is 7. The summed E-state index contributed by atoms with van der Waals surface area (Å²) in [6.45, 7) is 4.44. The Kier molecular flexibility index (Phi) is 9.22. The van der Waals surface area contributed by atoms with Crippen LogP contribution in [0.2, 0.25) is 0 Å². The molecule has 0 heterocycles. The van der Waals surface area contributed by atoms with Gasteiger partial charge in [0.1, 0.15) is 0 Å². The summed E-state index contributed by atoms with van der Waals surface area (Å²) in [5.74, 6) is 0. The van der Waals surface area contributed by atoms with Crippen LogP contribution in [0.4, 0.5) is 0 Å². The monoisotopic (exact) mass is 264 g/mol. The molecule has 1 rings (SSSR count). The Hall–Kier alpha value is -0.350. The van der Waals surface area contributed by atoms with Crippen LogP contribution in [0.1, 0.15) is 63.9 Å². The molecule has 0 bridgehead atoms. The number of rotatable bonds is 10. The Morgan fingerprint density at radius 3 is 1.94 bits per heavy atom. The van der Waals surface area contributed by atoms with Crippen LogP contribution in [0.5, 0.6) is 0 Å². The molecule has 0 radical (unpaired) electrons. The van der Waals surface area contributed by atoms with Crippen LogP contribution in [0.3, 0.4) is 0 Å². The van der Waals surface area contributed by atoms with E-state index in [0.29, 0.717) is 0 Å². The number of hydrogen-bond acceptors (Lipinski definition) is 0. The highest BCUT2D eigenvalue weighted by Crippen LogP contribution is 2.15. The molecular formula is C17H29P. The summed E-state index contributed by atoms with van der Waals surface area (Å²) in [6.07, 6.45) is 12.8. The predicted molar refractivity (Wildman–Crippen MR) is 86.6 cm³/mol. The first-order valence-corrected chi connectivity index (χ1v) is 8.84. The molecule has 0 amide bonds. The summed E-state index contributed by atoms with van der Waals surface area (Å²) in [6, 6.07) is 9.04. The highest BCUT2D eigenvalue weighted by Gasteiger charge is 1.94. The van der Waals surface area contributed by atoms with Crippen molar-refractivity contribution >= 4 is 13.9 Å². The summed E-state index contributed by atoms with van der Waals surface area (Å²) < 4.78 is 0. The molecule has 1 unspecified atom stereocenters. The fraction of sp³-hybridized carbons (Fsp3) is 0.647. The molecule has 0 N–H and O–H groups in total. The van der Waals surface area contributed by atoms with Crippen molar-refractivity contribution in [1.29, 1.82) is 0 Å². The maximum absolute atomic E-state index is 2.29. The van der Waals surface area contributed by atoms with E-state index in [1.807, 2.05) is 0 Å². The predicted octanol–water partition coefficient (Wildman–Crippen LogP) is 5.44. The highest BCUT2D eigenvalue weighted by atomic mass is 31.1. The smallest absolute Gasteiger partial charge is 0.0271 e. The lowest BCUT2D eigenvalue weighted by molar-refractivity contribution is 0.586. The molecule has 1 atom stereocenters. The van der Waals surface area contributed by atoms with E-state index in [1.165, 1.54) is 68.4 Å². The first-order valence-electron chi connectivity index (χ1n) is 7.63. The van der Waals surface area contributed by atoms with E-state index in [-0.39, 0.29) is 0 Å². The largest absolute Gasteiger partial charge is 0.0904 e. The van der Waals surface area contributed by atoms with E-state index in [4.69, 9.17) is 0 Å². The molecule has 0 aliphatic rings. The quantitative estimate of drug-likeness (QED) is 0.390. The van der Waals surface area contributed by atoms with E-state index in [2.05, 4.69) is 38.1 Å². The maximum atomic E-state index is 2.29. The summed E-state index contributed by atoms with van der Waals surface area (Å²) in [5, 5.41) is 1.53. The second-order valence-electron chi connectivity index (χ2n) is 5.27. The first kappa shape index (κ1) is 15.7. The third kappa shape index (κ3) is 7.88. The van der Waals surface area contributed by atoms with Gasteiger partial charge in [-0.3, -0.25) is 0 Å². The Morgan fingerprint density at radius 1 is 0.778 bits per heavy atom. The molecule has 18 heavy (non-hydrogen) atoms.